The summed E-state index contributed by atoms with van der Waals surface area (Å²) in [6, 6.07) is 12.9. The van der Waals surface area contributed by atoms with Crippen molar-refractivity contribution in [1.82, 2.24) is 0 Å². The average molecular weight is 370 g/mol. The second-order valence-electron chi connectivity index (χ2n) is 6.41. The van der Waals surface area contributed by atoms with Crippen LogP contribution in [0.2, 0.25) is 0 Å². The third kappa shape index (κ3) is 4.76. The summed E-state index contributed by atoms with van der Waals surface area (Å²) in [7, 11) is 0. The smallest absolute Gasteiger partial charge is 0.175 e. The van der Waals surface area contributed by atoms with E-state index in [4.69, 9.17) is 12.2 Å². The second kappa shape index (κ2) is 9.58. The zero-order chi connectivity index (χ0) is 19.1. The Hall–Kier alpha value is -2.07. The topological polar surface area (TPSA) is 27.3 Å². The lowest BCUT2D eigenvalue weighted by atomic mass is 10.0. The van der Waals surface area contributed by atoms with E-state index >= 15 is 0 Å². The second-order valence-corrected chi connectivity index (χ2v) is 6.82. The van der Waals surface area contributed by atoms with Crippen molar-refractivity contribution in [2.45, 2.75) is 47.5 Å². The van der Waals surface area contributed by atoms with Gasteiger partial charge in [-0.3, -0.25) is 0 Å². The number of anilines is 3. The van der Waals surface area contributed by atoms with Gasteiger partial charge in [0.1, 0.15) is 0 Å². The Morgan fingerprint density at radius 3 is 2.04 bits per heavy atom. The lowest BCUT2D eigenvalue weighted by molar-refractivity contribution is 0.866. The number of hydrogen-bond donors (Lipinski definition) is 2. The molecule has 0 bridgehead atoms. The fourth-order valence-corrected chi connectivity index (χ4v) is 3.46. The molecular formula is C22H31N3S. The first-order chi connectivity index (χ1) is 12.5. The number of nitrogens with one attached hydrogen (secondary N) is 2. The minimum atomic E-state index is 0.638. The molecule has 0 saturated heterocycles. The van der Waals surface area contributed by atoms with Crippen LogP contribution < -0.4 is 15.5 Å². The van der Waals surface area contributed by atoms with E-state index in [1.54, 1.807) is 0 Å². The number of benzene rings is 2. The molecule has 2 rings (SSSR count). The highest BCUT2D eigenvalue weighted by Crippen LogP contribution is 2.25. The van der Waals surface area contributed by atoms with E-state index in [2.05, 4.69) is 86.6 Å². The van der Waals surface area contributed by atoms with Crippen LogP contribution in [0.3, 0.4) is 0 Å². The summed E-state index contributed by atoms with van der Waals surface area (Å²) in [4.78, 5) is 2.35. The summed E-state index contributed by atoms with van der Waals surface area (Å²) in [5.41, 5.74) is 7.22. The van der Waals surface area contributed by atoms with Crippen LogP contribution in [0, 0.1) is 6.92 Å². The SMILES string of the molecule is CCc1cccc(CC)c1NC(=S)Nc1ccc(N(CC)CC)cc1C. The van der Waals surface area contributed by atoms with Gasteiger partial charge in [0.25, 0.3) is 0 Å². The molecule has 0 heterocycles. The summed E-state index contributed by atoms with van der Waals surface area (Å²) in [6.45, 7) is 12.8. The molecule has 2 aromatic carbocycles. The van der Waals surface area contributed by atoms with E-state index in [1.807, 2.05) is 0 Å². The molecule has 3 nitrogen and oxygen atoms in total. The maximum atomic E-state index is 5.59. The van der Waals surface area contributed by atoms with Crippen LogP contribution in [0.15, 0.2) is 36.4 Å². The lowest BCUT2D eigenvalue weighted by Gasteiger charge is -2.23. The molecule has 0 spiro atoms. The van der Waals surface area contributed by atoms with Crippen LogP contribution in [0.4, 0.5) is 17.1 Å². The Balaban J connectivity index is 2.16. The van der Waals surface area contributed by atoms with E-state index in [-0.39, 0.29) is 0 Å². The van der Waals surface area contributed by atoms with E-state index in [9.17, 15) is 0 Å². The first-order valence-electron chi connectivity index (χ1n) is 9.58. The molecular weight excluding hydrogens is 338 g/mol. The zero-order valence-corrected chi connectivity index (χ0v) is 17.5. The van der Waals surface area contributed by atoms with Crippen LogP contribution in [-0.4, -0.2) is 18.2 Å². The van der Waals surface area contributed by atoms with Gasteiger partial charge >= 0.3 is 0 Å². The molecule has 0 aromatic heterocycles. The van der Waals surface area contributed by atoms with Crippen LogP contribution in [0.5, 0.6) is 0 Å². The van der Waals surface area contributed by atoms with Crippen LogP contribution >= 0.6 is 12.2 Å². The molecule has 2 N–H and O–H groups in total. The molecule has 140 valence electrons. The molecule has 0 radical (unpaired) electrons. The molecule has 0 aliphatic rings. The number of aryl methyl sites for hydroxylation is 3. The summed E-state index contributed by atoms with van der Waals surface area (Å²) < 4.78 is 0. The fourth-order valence-electron chi connectivity index (χ4n) is 3.24. The Kier molecular flexibility index (Phi) is 7.46. The Bertz CT molecular complexity index is 729. The van der Waals surface area contributed by atoms with Crippen LogP contribution in [0.1, 0.15) is 44.4 Å². The van der Waals surface area contributed by atoms with Gasteiger partial charge in [-0.1, -0.05) is 32.0 Å². The summed E-state index contributed by atoms with van der Waals surface area (Å²) >= 11 is 5.59. The van der Waals surface area contributed by atoms with Crippen molar-refractivity contribution in [3.8, 4) is 0 Å². The molecule has 0 aliphatic heterocycles. The minimum Gasteiger partial charge on any atom is -0.372 e. The Morgan fingerprint density at radius 2 is 1.54 bits per heavy atom. The first-order valence-corrected chi connectivity index (χ1v) is 9.99. The van der Waals surface area contributed by atoms with Gasteiger partial charge in [0.15, 0.2) is 5.11 Å². The van der Waals surface area contributed by atoms with Crippen molar-refractivity contribution in [1.29, 1.82) is 0 Å². The van der Waals surface area contributed by atoms with E-state index < -0.39 is 0 Å². The number of hydrogen-bond acceptors (Lipinski definition) is 2. The molecule has 2 aromatic rings. The van der Waals surface area contributed by atoms with Crippen molar-refractivity contribution in [2.75, 3.05) is 28.6 Å². The van der Waals surface area contributed by atoms with Gasteiger partial charge in [0.05, 0.1) is 0 Å². The molecule has 0 atom stereocenters. The maximum absolute atomic E-state index is 5.59. The summed E-state index contributed by atoms with van der Waals surface area (Å²) in [5.74, 6) is 0. The Labute approximate surface area is 163 Å². The zero-order valence-electron chi connectivity index (χ0n) is 16.6. The van der Waals surface area contributed by atoms with E-state index in [0.717, 1.165) is 37.3 Å². The number of rotatable bonds is 7. The quantitative estimate of drug-likeness (QED) is 0.605. The van der Waals surface area contributed by atoms with Gasteiger partial charge in [-0.05, 0) is 80.7 Å². The highest BCUT2D eigenvalue weighted by molar-refractivity contribution is 7.80. The van der Waals surface area contributed by atoms with E-state index in [0.29, 0.717) is 5.11 Å². The highest BCUT2D eigenvalue weighted by atomic mass is 32.1. The minimum absolute atomic E-state index is 0.638. The predicted molar refractivity (Wildman–Crippen MR) is 120 cm³/mol. The average Bonchev–Trinajstić information content (AvgIpc) is 2.65. The standard InChI is InChI=1S/C22H31N3S/c1-6-17-11-10-12-18(7-2)21(17)24-22(26)23-20-14-13-19(15-16(20)5)25(8-3)9-4/h10-15H,6-9H2,1-5H3,(H2,23,24,26). The molecule has 0 unspecified atom stereocenters. The third-order valence-electron chi connectivity index (χ3n) is 4.82. The Morgan fingerprint density at radius 1 is 0.923 bits per heavy atom. The van der Waals surface area contributed by atoms with Gasteiger partial charge in [-0.15, -0.1) is 0 Å². The lowest BCUT2D eigenvalue weighted by Crippen LogP contribution is -2.23. The largest absolute Gasteiger partial charge is 0.372 e. The summed E-state index contributed by atoms with van der Waals surface area (Å²) in [6.07, 6.45) is 1.97. The molecule has 4 heteroatoms. The molecule has 0 amide bonds. The fraction of sp³-hybridized carbons (Fsp3) is 0.409. The van der Waals surface area contributed by atoms with Crippen LogP contribution in [0.25, 0.3) is 0 Å². The molecule has 0 aliphatic carbocycles. The van der Waals surface area contributed by atoms with Crippen molar-refractivity contribution in [3.05, 3.63) is 53.1 Å². The van der Waals surface area contributed by atoms with Crippen molar-refractivity contribution in [2.24, 2.45) is 0 Å². The molecule has 0 saturated carbocycles. The first kappa shape index (κ1) is 20.2. The van der Waals surface area contributed by atoms with Gasteiger partial charge in [0.2, 0.25) is 0 Å². The predicted octanol–water partition coefficient (Wildman–Crippen LogP) is 5.77. The van der Waals surface area contributed by atoms with Crippen molar-refractivity contribution in [3.63, 3.8) is 0 Å². The van der Waals surface area contributed by atoms with Gasteiger partial charge in [-0.25, -0.2) is 0 Å². The highest BCUT2D eigenvalue weighted by Gasteiger charge is 2.10. The molecule has 26 heavy (non-hydrogen) atoms. The number of para-hydroxylation sites is 1. The van der Waals surface area contributed by atoms with Gasteiger partial charge < -0.3 is 15.5 Å². The van der Waals surface area contributed by atoms with Crippen LogP contribution in [-0.2, 0) is 12.8 Å². The number of thiocarbonyl (C=S) groups is 1. The normalized spacial score (nSPS) is 10.5. The van der Waals surface area contributed by atoms with Crippen molar-refractivity contribution >= 4 is 34.4 Å². The van der Waals surface area contributed by atoms with Gasteiger partial charge in [-0.2, -0.15) is 0 Å². The van der Waals surface area contributed by atoms with Crippen molar-refractivity contribution < 1.29 is 0 Å². The molecule has 0 fully saturated rings. The third-order valence-corrected chi connectivity index (χ3v) is 5.03. The monoisotopic (exact) mass is 369 g/mol. The summed E-state index contributed by atoms with van der Waals surface area (Å²) in [5, 5.41) is 7.43. The van der Waals surface area contributed by atoms with E-state index in [1.165, 1.54) is 22.4 Å². The number of nitrogens with zero attached hydrogens (tertiary/aromatic N) is 1. The van der Waals surface area contributed by atoms with Gasteiger partial charge in [0, 0.05) is 30.2 Å². The maximum Gasteiger partial charge on any atom is 0.175 e.